The molecule has 0 saturated carbocycles. The Morgan fingerprint density at radius 3 is 2.59 bits per heavy atom. The van der Waals surface area contributed by atoms with Crippen molar-refractivity contribution in [3.05, 3.63) is 27.9 Å². The monoisotopic (exact) mass is 337 g/mol. The minimum atomic E-state index is 0.525. The average Bonchev–Trinajstić information content (AvgIpc) is 2.99. The van der Waals surface area contributed by atoms with E-state index in [2.05, 4.69) is 15.1 Å². The molecule has 0 spiro atoms. The second-order valence-electron chi connectivity index (χ2n) is 5.80. The van der Waals surface area contributed by atoms with E-state index in [4.69, 9.17) is 27.9 Å². The van der Waals surface area contributed by atoms with E-state index in [0.29, 0.717) is 28.3 Å². The number of anilines is 1. The fourth-order valence-electron chi connectivity index (χ4n) is 3.53. The molecular weight excluding hydrogens is 321 g/mol. The van der Waals surface area contributed by atoms with Gasteiger partial charge in [-0.1, -0.05) is 23.2 Å². The molecule has 116 valence electrons. The first kappa shape index (κ1) is 14.2. The van der Waals surface area contributed by atoms with Crippen LogP contribution < -0.4 is 9.64 Å². The lowest BCUT2D eigenvalue weighted by molar-refractivity contribution is 0.340. The van der Waals surface area contributed by atoms with Crippen molar-refractivity contribution in [1.82, 2.24) is 10.2 Å². The second kappa shape index (κ2) is 5.36. The number of hydrogen-bond donors (Lipinski definition) is 1. The molecular formula is C16H17Cl2N3O. The van der Waals surface area contributed by atoms with Gasteiger partial charge in [-0.15, -0.1) is 0 Å². The van der Waals surface area contributed by atoms with Crippen LogP contribution in [0.25, 0.3) is 11.3 Å². The molecule has 1 aromatic heterocycles. The summed E-state index contributed by atoms with van der Waals surface area (Å²) in [4.78, 5) is 2.41. The summed E-state index contributed by atoms with van der Waals surface area (Å²) in [6.07, 6.45) is 2.42. The van der Waals surface area contributed by atoms with Gasteiger partial charge in [-0.25, -0.2) is 0 Å². The fourth-order valence-corrected chi connectivity index (χ4v) is 4.12. The van der Waals surface area contributed by atoms with Crippen molar-refractivity contribution in [2.24, 2.45) is 0 Å². The molecule has 5 rings (SSSR count). The number of H-pyrrole nitrogens is 1. The molecule has 4 heterocycles. The van der Waals surface area contributed by atoms with Crippen LogP contribution in [0, 0.1) is 0 Å². The summed E-state index contributed by atoms with van der Waals surface area (Å²) in [6.45, 7) is 4.64. The lowest BCUT2D eigenvalue weighted by Crippen LogP contribution is -2.38. The molecule has 22 heavy (non-hydrogen) atoms. The van der Waals surface area contributed by atoms with Gasteiger partial charge in [0.25, 0.3) is 0 Å². The summed E-state index contributed by atoms with van der Waals surface area (Å²) in [5, 5.41) is 8.82. The Hall–Kier alpha value is -1.39. The van der Waals surface area contributed by atoms with Gasteiger partial charge in [-0.05, 0) is 31.9 Å². The standard InChI is InChI=1S/C16H17Cl2N3O/c1-2-22-16-11(17)7-10(8-12(16)18)14-15-13(19-20-14)9-3-5-21(15)6-4-9/h7-9H,2-6H2,1H3,(H,19,20). The van der Waals surface area contributed by atoms with E-state index < -0.39 is 0 Å². The highest BCUT2D eigenvalue weighted by molar-refractivity contribution is 6.37. The van der Waals surface area contributed by atoms with E-state index in [9.17, 15) is 0 Å². The Morgan fingerprint density at radius 2 is 1.95 bits per heavy atom. The number of hydrogen-bond acceptors (Lipinski definition) is 3. The Morgan fingerprint density at radius 1 is 1.27 bits per heavy atom. The third-order valence-electron chi connectivity index (χ3n) is 4.55. The molecule has 6 heteroatoms. The van der Waals surface area contributed by atoms with E-state index in [1.807, 2.05) is 19.1 Å². The van der Waals surface area contributed by atoms with Crippen molar-refractivity contribution in [3.8, 4) is 17.0 Å². The molecule has 4 nitrogen and oxygen atoms in total. The second-order valence-corrected chi connectivity index (χ2v) is 6.61. The first-order chi connectivity index (χ1) is 10.7. The van der Waals surface area contributed by atoms with Crippen molar-refractivity contribution in [2.75, 3.05) is 24.6 Å². The van der Waals surface area contributed by atoms with Crippen LogP contribution in [0.15, 0.2) is 12.1 Å². The molecule has 2 aromatic rings. The largest absolute Gasteiger partial charge is 0.491 e. The Kier molecular flexibility index (Phi) is 3.46. The summed E-state index contributed by atoms with van der Waals surface area (Å²) in [7, 11) is 0. The Balaban J connectivity index is 1.81. The topological polar surface area (TPSA) is 41.1 Å². The van der Waals surface area contributed by atoms with Crippen LogP contribution in [-0.4, -0.2) is 29.9 Å². The van der Waals surface area contributed by atoms with E-state index in [1.165, 1.54) is 24.2 Å². The van der Waals surface area contributed by atoms with Crippen LogP contribution in [0.4, 0.5) is 5.69 Å². The van der Waals surface area contributed by atoms with E-state index >= 15 is 0 Å². The number of halogens is 2. The fraction of sp³-hybridized carbons (Fsp3) is 0.438. The molecule has 1 saturated heterocycles. The first-order valence-corrected chi connectivity index (χ1v) is 8.40. The summed E-state index contributed by atoms with van der Waals surface area (Å²) >= 11 is 12.7. The third kappa shape index (κ3) is 2.09. The van der Waals surface area contributed by atoms with Crippen LogP contribution in [0.3, 0.4) is 0 Å². The highest BCUT2D eigenvalue weighted by Gasteiger charge is 2.35. The maximum absolute atomic E-state index is 6.33. The van der Waals surface area contributed by atoms with Gasteiger partial charge in [0, 0.05) is 24.6 Å². The zero-order chi connectivity index (χ0) is 15.3. The van der Waals surface area contributed by atoms with Gasteiger partial charge in [-0.3, -0.25) is 5.10 Å². The van der Waals surface area contributed by atoms with Crippen molar-refractivity contribution < 1.29 is 4.74 Å². The smallest absolute Gasteiger partial charge is 0.156 e. The molecule has 0 atom stereocenters. The quantitative estimate of drug-likeness (QED) is 0.897. The maximum Gasteiger partial charge on any atom is 0.156 e. The molecule has 0 amide bonds. The molecule has 1 aromatic carbocycles. The summed E-state index contributed by atoms with van der Waals surface area (Å²) in [5.74, 6) is 1.15. The van der Waals surface area contributed by atoms with Crippen molar-refractivity contribution in [1.29, 1.82) is 0 Å². The number of aromatic nitrogens is 2. The zero-order valence-corrected chi connectivity index (χ0v) is 13.8. The molecule has 0 unspecified atom stereocenters. The molecule has 1 N–H and O–H groups in total. The predicted octanol–water partition coefficient (Wildman–Crippen LogP) is 4.48. The van der Waals surface area contributed by atoms with E-state index in [-0.39, 0.29) is 0 Å². The maximum atomic E-state index is 6.33. The minimum absolute atomic E-state index is 0.525. The van der Waals surface area contributed by atoms with Gasteiger partial charge in [-0.2, -0.15) is 5.10 Å². The molecule has 1 fully saturated rings. The van der Waals surface area contributed by atoms with Crippen LogP contribution in [0.2, 0.25) is 10.0 Å². The Labute approximate surface area is 139 Å². The van der Waals surface area contributed by atoms with Gasteiger partial charge in [0.1, 0.15) is 5.69 Å². The molecule has 3 aliphatic heterocycles. The lowest BCUT2D eigenvalue weighted by atomic mass is 9.86. The lowest BCUT2D eigenvalue weighted by Gasteiger charge is -2.40. The van der Waals surface area contributed by atoms with Crippen molar-refractivity contribution in [3.63, 3.8) is 0 Å². The molecule has 2 bridgehead atoms. The van der Waals surface area contributed by atoms with Crippen LogP contribution in [0.1, 0.15) is 31.4 Å². The van der Waals surface area contributed by atoms with E-state index in [1.54, 1.807) is 0 Å². The zero-order valence-electron chi connectivity index (χ0n) is 12.3. The van der Waals surface area contributed by atoms with Crippen LogP contribution >= 0.6 is 23.2 Å². The van der Waals surface area contributed by atoms with Crippen molar-refractivity contribution >= 4 is 28.9 Å². The number of benzene rings is 1. The average molecular weight is 338 g/mol. The van der Waals surface area contributed by atoms with Gasteiger partial charge >= 0.3 is 0 Å². The Bertz CT molecular complexity index is 697. The molecule has 0 aliphatic carbocycles. The third-order valence-corrected chi connectivity index (χ3v) is 5.11. The number of aromatic amines is 1. The van der Waals surface area contributed by atoms with Crippen LogP contribution in [0.5, 0.6) is 5.75 Å². The predicted molar refractivity (Wildman–Crippen MR) is 89.4 cm³/mol. The van der Waals surface area contributed by atoms with Gasteiger partial charge in [0.2, 0.25) is 0 Å². The first-order valence-electron chi connectivity index (χ1n) is 7.64. The minimum Gasteiger partial charge on any atom is -0.491 e. The molecule has 3 aliphatic rings. The summed E-state index contributed by atoms with van der Waals surface area (Å²) in [5.41, 5.74) is 4.35. The van der Waals surface area contributed by atoms with Gasteiger partial charge in [0.05, 0.1) is 28.0 Å². The summed E-state index contributed by atoms with van der Waals surface area (Å²) in [6, 6.07) is 3.77. The van der Waals surface area contributed by atoms with Gasteiger partial charge in [0.15, 0.2) is 5.75 Å². The summed E-state index contributed by atoms with van der Waals surface area (Å²) < 4.78 is 5.50. The normalized spacial score (nSPS) is 17.0. The molecule has 0 radical (unpaired) electrons. The van der Waals surface area contributed by atoms with Crippen LogP contribution in [-0.2, 0) is 0 Å². The number of fused-ring (bicyclic) bond motifs is 2. The SMILES string of the molecule is CCOc1c(Cl)cc(-c2n[nH]c3c2N2CCC3CC2)cc1Cl. The number of rotatable bonds is 3. The number of nitrogens with zero attached hydrogens (tertiary/aromatic N) is 2. The number of piperidine rings is 1. The van der Waals surface area contributed by atoms with Crippen molar-refractivity contribution in [2.45, 2.75) is 25.7 Å². The number of nitrogens with one attached hydrogen (secondary N) is 1. The van der Waals surface area contributed by atoms with E-state index in [0.717, 1.165) is 24.3 Å². The highest BCUT2D eigenvalue weighted by atomic mass is 35.5. The number of ether oxygens (including phenoxy) is 1. The van der Waals surface area contributed by atoms with Gasteiger partial charge < -0.3 is 9.64 Å². The highest BCUT2D eigenvalue weighted by Crippen LogP contribution is 2.47.